The molecule has 5 rings (SSSR count). The van der Waals surface area contributed by atoms with Gasteiger partial charge in [0.25, 0.3) is 11.9 Å². The molecule has 2 fully saturated rings. The molecule has 1 saturated carbocycles. The van der Waals surface area contributed by atoms with Crippen LogP contribution in [0.25, 0.3) is 17.4 Å². The van der Waals surface area contributed by atoms with Crippen molar-refractivity contribution in [3.8, 4) is 17.4 Å². The van der Waals surface area contributed by atoms with Crippen LogP contribution in [-0.2, 0) is 4.74 Å². The molecule has 1 aliphatic heterocycles. The van der Waals surface area contributed by atoms with Crippen LogP contribution in [0, 0.1) is 0 Å². The van der Waals surface area contributed by atoms with Crippen LogP contribution in [0.15, 0.2) is 41.3 Å². The Labute approximate surface area is 180 Å². The number of hydrogen-bond donors (Lipinski definition) is 0. The van der Waals surface area contributed by atoms with E-state index in [1.54, 1.807) is 36.5 Å². The second kappa shape index (κ2) is 8.60. The SMILES string of the molecule is COCCN1CCN(C(=O)c2cnn(-c3nccc(-c4ccco4)n3)c2C2CC2)CC1. The Morgan fingerprint density at radius 2 is 2.06 bits per heavy atom. The van der Waals surface area contributed by atoms with Gasteiger partial charge in [-0.05, 0) is 31.0 Å². The fourth-order valence-corrected chi connectivity index (χ4v) is 4.01. The van der Waals surface area contributed by atoms with Gasteiger partial charge in [-0.15, -0.1) is 0 Å². The van der Waals surface area contributed by atoms with Crippen molar-refractivity contribution < 1.29 is 13.9 Å². The quantitative estimate of drug-likeness (QED) is 0.577. The number of methoxy groups -OCH3 is 1. The van der Waals surface area contributed by atoms with E-state index in [1.807, 2.05) is 17.0 Å². The Morgan fingerprint density at radius 1 is 1.23 bits per heavy atom. The first kappa shape index (κ1) is 19.9. The molecule has 0 spiro atoms. The summed E-state index contributed by atoms with van der Waals surface area (Å²) in [4.78, 5) is 26.6. The third-order valence-corrected chi connectivity index (χ3v) is 5.88. The minimum atomic E-state index is 0.0433. The molecule has 2 aliphatic rings. The largest absolute Gasteiger partial charge is 0.463 e. The summed E-state index contributed by atoms with van der Waals surface area (Å²) in [6.07, 6.45) is 7.09. The summed E-state index contributed by atoms with van der Waals surface area (Å²) in [5.41, 5.74) is 2.27. The summed E-state index contributed by atoms with van der Waals surface area (Å²) in [5, 5.41) is 4.53. The van der Waals surface area contributed by atoms with E-state index < -0.39 is 0 Å². The van der Waals surface area contributed by atoms with Crippen LogP contribution < -0.4 is 0 Å². The summed E-state index contributed by atoms with van der Waals surface area (Å²) in [5.74, 6) is 1.49. The van der Waals surface area contributed by atoms with E-state index in [4.69, 9.17) is 9.15 Å². The van der Waals surface area contributed by atoms with Gasteiger partial charge in [0.1, 0.15) is 5.69 Å². The summed E-state index contributed by atoms with van der Waals surface area (Å²) < 4.78 is 12.4. The Bertz CT molecular complexity index is 1040. The van der Waals surface area contributed by atoms with E-state index in [2.05, 4.69) is 20.0 Å². The fourth-order valence-electron chi connectivity index (χ4n) is 4.01. The molecule has 1 aliphatic carbocycles. The van der Waals surface area contributed by atoms with E-state index >= 15 is 0 Å². The van der Waals surface area contributed by atoms with E-state index in [1.165, 1.54) is 0 Å². The van der Waals surface area contributed by atoms with Crippen molar-refractivity contribution in [2.75, 3.05) is 46.4 Å². The molecule has 1 amide bonds. The lowest BCUT2D eigenvalue weighted by atomic mass is 10.1. The summed E-state index contributed by atoms with van der Waals surface area (Å²) in [6.45, 7) is 4.74. The highest BCUT2D eigenvalue weighted by Crippen LogP contribution is 2.42. The predicted octanol–water partition coefficient (Wildman–Crippen LogP) is 2.20. The van der Waals surface area contributed by atoms with Gasteiger partial charge < -0.3 is 14.1 Å². The van der Waals surface area contributed by atoms with Crippen molar-refractivity contribution >= 4 is 5.91 Å². The molecule has 0 atom stereocenters. The molecule has 0 radical (unpaired) electrons. The molecule has 1 saturated heterocycles. The van der Waals surface area contributed by atoms with Crippen LogP contribution in [0.4, 0.5) is 0 Å². The number of nitrogens with zero attached hydrogens (tertiary/aromatic N) is 6. The lowest BCUT2D eigenvalue weighted by Crippen LogP contribution is -2.49. The summed E-state index contributed by atoms with van der Waals surface area (Å²) >= 11 is 0. The smallest absolute Gasteiger partial charge is 0.257 e. The number of ether oxygens (including phenoxy) is 1. The molecule has 162 valence electrons. The fraction of sp³-hybridized carbons (Fsp3) is 0.455. The highest BCUT2D eigenvalue weighted by Gasteiger charge is 2.35. The first-order valence-electron chi connectivity index (χ1n) is 10.7. The summed E-state index contributed by atoms with van der Waals surface area (Å²) in [7, 11) is 1.71. The molecule has 9 nitrogen and oxygen atoms in total. The maximum Gasteiger partial charge on any atom is 0.257 e. The van der Waals surface area contributed by atoms with Crippen molar-refractivity contribution in [1.82, 2.24) is 29.5 Å². The average molecular weight is 422 g/mol. The third-order valence-electron chi connectivity index (χ3n) is 5.88. The van der Waals surface area contributed by atoms with Crippen molar-refractivity contribution in [2.24, 2.45) is 0 Å². The number of carbonyl (C=O) groups is 1. The minimum Gasteiger partial charge on any atom is -0.463 e. The van der Waals surface area contributed by atoms with Gasteiger partial charge in [-0.3, -0.25) is 9.69 Å². The zero-order chi connectivity index (χ0) is 21.2. The van der Waals surface area contributed by atoms with E-state index in [0.717, 1.165) is 38.2 Å². The Morgan fingerprint density at radius 3 is 2.77 bits per heavy atom. The van der Waals surface area contributed by atoms with Crippen LogP contribution in [-0.4, -0.2) is 81.9 Å². The van der Waals surface area contributed by atoms with E-state index in [-0.39, 0.29) is 5.91 Å². The summed E-state index contributed by atoms with van der Waals surface area (Å²) in [6, 6.07) is 5.49. The number of furan rings is 1. The maximum atomic E-state index is 13.3. The lowest BCUT2D eigenvalue weighted by Gasteiger charge is -2.34. The van der Waals surface area contributed by atoms with Gasteiger partial charge in [-0.2, -0.15) is 5.10 Å². The molecule has 4 heterocycles. The van der Waals surface area contributed by atoms with Crippen molar-refractivity contribution in [3.05, 3.63) is 48.1 Å². The van der Waals surface area contributed by atoms with Gasteiger partial charge >= 0.3 is 0 Å². The number of aromatic nitrogens is 4. The van der Waals surface area contributed by atoms with Gasteiger partial charge in [-0.1, -0.05) is 0 Å². The van der Waals surface area contributed by atoms with Crippen LogP contribution >= 0.6 is 0 Å². The van der Waals surface area contributed by atoms with Gasteiger partial charge in [0.15, 0.2) is 5.76 Å². The molecule has 3 aromatic rings. The second-order valence-electron chi connectivity index (χ2n) is 7.98. The van der Waals surface area contributed by atoms with Gasteiger partial charge in [0.05, 0.1) is 30.3 Å². The monoisotopic (exact) mass is 422 g/mol. The van der Waals surface area contributed by atoms with Crippen LogP contribution in [0.2, 0.25) is 0 Å². The molecule has 0 aromatic carbocycles. The molecule has 9 heteroatoms. The van der Waals surface area contributed by atoms with Gasteiger partial charge in [0, 0.05) is 51.9 Å². The zero-order valence-corrected chi connectivity index (χ0v) is 17.6. The zero-order valence-electron chi connectivity index (χ0n) is 17.6. The van der Waals surface area contributed by atoms with Crippen molar-refractivity contribution in [2.45, 2.75) is 18.8 Å². The number of rotatable bonds is 7. The molecule has 0 unspecified atom stereocenters. The number of piperazine rings is 1. The van der Waals surface area contributed by atoms with Crippen molar-refractivity contribution in [1.29, 1.82) is 0 Å². The number of hydrogen-bond acceptors (Lipinski definition) is 7. The van der Waals surface area contributed by atoms with E-state index in [0.29, 0.717) is 48.6 Å². The van der Waals surface area contributed by atoms with Crippen LogP contribution in [0.3, 0.4) is 0 Å². The Hall–Kier alpha value is -3.04. The molecular formula is C22H26N6O3. The first-order valence-corrected chi connectivity index (χ1v) is 10.7. The maximum absolute atomic E-state index is 13.3. The molecule has 3 aromatic heterocycles. The molecule has 31 heavy (non-hydrogen) atoms. The highest BCUT2D eigenvalue weighted by atomic mass is 16.5. The topological polar surface area (TPSA) is 89.5 Å². The van der Waals surface area contributed by atoms with Crippen LogP contribution in [0.5, 0.6) is 0 Å². The van der Waals surface area contributed by atoms with Gasteiger partial charge in [-0.25, -0.2) is 14.6 Å². The van der Waals surface area contributed by atoms with Gasteiger partial charge in [0.2, 0.25) is 0 Å². The first-order chi connectivity index (χ1) is 15.2. The standard InChI is InChI=1S/C22H26N6O3/c1-30-14-12-26-8-10-27(11-9-26)21(29)17-15-24-28(20(17)16-4-5-16)22-23-7-6-18(25-22)19-3-2-13-31-19/h2-3,6-7,13,15-16H,4-5,8-12,14H2,1H3. The predicted molar refractivity (Wildman–Crippen MR) is 113 cm³/mol. The van der Waals surface area contributed by atoms with Crippen molar-refractivity contribution in [3.63, 3.8) is 0 Å². The van der Waals surface area contributed by atoms with E-state index in [9.17, 15) is 4.79 Å². The lowest BCUT2D eigenvalue weighted by molar-refractivity contribution is 0.0593. The number of amides is 1. The molecular weight excluding hydrogens is 396 g/mol. The highest BCUT2D eigenvalue weighted by molar-refractivity contribution is 5.95. The second-order valence-corrected chi connectivity index (χ2v) is 7.98. The minimum absolute atomic E-state index is 0.0433. The number of carbonyl (C=O) groups excluding carboxylic acids is 1. The van der Waals surface area contributed by atoms with Crippen LogP contribution in [0.1, 0.15) is 34.8 Å². The Kier molecular flexibility index (Phi) is 5.52. The molecule has 0 bridgehead atoms. The normalized spacial score (nSPS) is 17.3. The average Bonchev–Trinajstić information content (AvgIpc) is 3.32. The third kappa shape index (κ3) is 4.11. The Balaban J connectivity index is 1.39. The molecule has 0 N–H and O–H groups in total.